The first kappa shape index (κ1) is 13.4. The maximum Gasteiger partial charge on any atom is 0.349 e. The highest BCUT2D eigenvalue weighted by molar-refractivity contribution is 7.99. The Bertz CT molecular complexity index is 667. The number of rotatable bonds is 4. The molecule has 0 saturated heterocycles. The van der Waals surface area contributed by atoms with Crippen LogP contribution < -0.4 is 5.69 Å². The molecular weight excluding hydrogens is 270 g/mol. The van der Waals surface area contributed by atoms with E-state index in [1.807, 2.05) is 18.2 Å². The van der Waals surface area contributed by atoms with Gasteiger partial charge in [0.2, 0.25) is 0 Å². The fraction of sp³-hybridized carbons (Fsp3) is 0.400. The molecule has 104 valence electrons. The molecular formula is C15H17N3OS. The van der Waals surface area contributed by atoms with Crippen LogP contribution in [0.25, 0.3) is 0 Å². The zero-order chi connectivity index (χ0) is 13.9. The molecule has 4 nitrogen and oxygen atoms in total. The van der Waals surface area contributed by atoms with E-state index >= 15 is 0 Å². The number of pyridine rings is 1. The topological polar surface area (TPSA) is 47.8 Å². The predicted octanol–water partition coefficient (Wildman–Crippen LogP) is 2.29. The van der Waals surface area contributed by atoms with Gasteiger partial charge in [-0.1, -0.05) is 13.0 Å². The molecule has 0 radical (unpaired) electrons. The summed E-state index contributed by atoms with van der Waals surface area (Å²) >= 11 is 1.67. The fourth-order valence-electron chi connectivity index (χ4n) is 2.66. The summed E-state index contributed by atoms with van der Waals surface area (Å²) in [4.78, 5) is 20.9. The smallest absolute Gasteiger partial charge is 0.290 e. The van der Waals surface area contributed by atoms with Crippen molar-refractivity contribution in [2.45, 2.75) is 37.8 Å². The first-order chi connectivity index (χ1) is 9.79. The van der Waals surface area contributed by atoms with E-state index in [2.05, 4.69) is 16.9 Å². The zero-order valence-corrected chi connectivity index (χ0v) is 12.3. The molecule has 1 aliphatic carbocycles. The van der Waals surface area contributed by atoms with Crippen LogP contribution in [-0.2, 0) is 19.4 Å². The first-order valence-corrected chi connectivity index (χ1v) is 7.93. The van der Waals surface area contributed by atoms with E-state index in [4.69, 9.17) is 0 Å². The molecule has 5 heteroatoms. The van der Waals surface area contributed by atoms with E-state index in [1.165, 1.54) is 5.56 Å². The van der Waals surface area contributed by atoms with E-state index in [9.17, 15) is 4.79 Å². The van der Waals surface area contributed by atoms with Crippen LogP contribution in [0.4, 0.5) is 0 Å². The third kappa shape index (κ3) is 2.50. The molecule has 0 amide bonds. The number of thioether (sulfide) groups is 1. The zero-order valence-electron chi connectivity index (χ0n) is 11.5. The molecule has 0 saturated carbocycles. The molecule has 0 unspecified atom stereocenters. The summed E-state index contributed by atoms with van der Waals surface area (Å²) in [7, 11) is 0. The molecule has 2 heterocycles. The lowest BCUT2D eigenvalue weighted by Gasteiger charge is -2.13. The molecule has 0 aliphatic heterocycles. The van der Waals surface area contributed by atoms with Crippen LogP contribution >= 0.6 is 11.8 Å². The van der Waals surface area contributed by atoms with Gasteiger partial charge in [0.1, 0.15) is 5.03 Å². The van der Waals surface area contributed by atoms with Crippen LogP contribution in [0.5, 0.6) is 0 Å². The molecule has 0 fully saturated rings. The van der Waals surface area contributed by atoms with Gasteiger partial charge >= 0.3 is 5.69 Å². The van der Waals surface area contributed by atoms with E-state index in [0.717, 1.165) is 41.4 Å². The van der Waals surface area contributed by atoms with Crippen LogP contribution in [0.3, 0.4) is 0 Å². The van der Waals surface area contributed by atoms with Crippen molar-refractivity contribution in [1.82, 2.24) is 14.5 Å². The average Bonchev–Trinajstić information content (AvgIpc) is 2.94. The van der Waals surface area contributed by atoms with Gasteiger partial charge in [-0.25, -0.2) is 4.79 Å². The van der Waals surface area contributed by atoms with Crippen LogP contribution in [0, 0.1) is 0 Å². The number of hydrogen-bond acceptors (Lipinski definition) is 4. The van der Waals surface area contributed by atoms with Crippen molar-refractivity contribution in [3.8, 4) is 0 Å². The number of nitrogens with zero attached hydrogens (tertiary/aromatic N) is 3. The quantitative estimate of drug-likeness (QED) is 0.639. The Balaban J connectivity index is 2.04. The van der Waals surface area contributed by atoms with Crippen LogP contribution in [-0.4, -0.2) is 20.3 Å². The SMILES string of the molecule is CCSc1nc(=O)n(Cc2ccccn2)c2c1CCC2. The summed E-state index contributed by atoms with van der Waals surface area (Å²) in [6.45, 7) is 2.61. The van der Waals surface area contributed by atoms with Gasteiger partial charge in [0.25, 0.3) is 0 Å². The summed E-state index contributed by atoms with van der Waals surface area (Å²) < 4.78 is 1.80. The van der Waals surface area contributed by atoms with Crippen LogP contribution in [0.2, 0.25) is 0 Å². The molecule has 0 atom stereocenters. The second-order valence-electron chi connectivity index (χ2n) is 4.82. The molecule has 2 aromatic rings. The Morgan fingerprint density at radius 3 is 3.00 bits per heavy atom. The first-order valence-electron chi connectivity index (χ1n) is 6.95. The Kier molecular flexibility index (Phi) is 3.87. The Labute approximate surface area is 122 Å². The summed E-state index contributed by atoms with van der Waals surface area (Å²) in [5, 5.41) is 0.933. The van der Waals surface area contributed by atoms with Gasteiger partial charge in [-0.05, 0) is 37.1 Å². The van der Waals surface area contributed by atoms with E-state index in [-0.39, 0.29) is 5.69 Å². The highest BCUT2D eigenvalue weighted by atomic mass is 32.2. The summed E-state index contributed by atoms with van der Waals surface area (Å²) in [6.07, 6.45) is 4.87. The Morgan fingerprint density at radius 2 is 2.25 bits per heavy atom. The molecule has 3 rings (SSSR count). The van der Waals surface area contributed by atoms with Crippen molar-refractivity contribution < 1.29 is 0 Å². The van der Waals surface area contributed by atoms with Gasteiger partial charge in [-0.2, -0.15) is 4.98 Å². The highest BCUT2D eigenvalue weighted by Crippen LogP contribution is 2.29. The van der Waals surface area contributed by atoms with Gasteiger partial charge in [-0.3, -0.25) is 9.55 Å². The van der Waals surface area contributed by atoms with E-state index in [0.29, 0.717) is 6.54 Å². The van der Waals surface area contributed by atoms with Gasteiger partial charge in [0, 0.05) is 17.5 Å². The van der Waals surface area contributed by atoms with Crippen molar-refractivity contribution in [3.05, 3.63) is 51.8 Å². The number of fused-ring (bicyclic) bond motifs is 1. The lowest BCUT2D eigenvalue weighted by molar-refractivity contribution is 0.656. The average molecular weight is 287 g/mol. The highest BCUT2D eigenvalue weighted by Gasteiger charge is 2.21. The van der Waals surface area contributed by atoms with Crippen LogP contribution in [0.15, 0.2) is 34.2 Å². The lowest BCUT2D eigenvalue weighted by Crippen LogP contribution is -2.28. The van der Waals surface area contributed by atoms with Gasteiger partial charge in [0.15, 0.2) is 0 Å². The molecule has 20 heavy (non-hydrogen) atoms. The fourth-order valence-corrected chi connectivity index (χ4v) is 3.47. The third-order valence-electron chi connectivity index (χ3n) is 3.53. The second kappa shape index (κ2) is 5.79. The minimum Gasteiger partial charge on any atom is -0.290 e. The van der Waals surface area contributed by atoms with Gasteiger partial charge in [-0.15, -0.1) is 11.8 Å². The largest absolute Gasteiger partial charge is 0.349 e. The molecule has 0 spiro atoms. The molecule has 2 aromatic heterocycles. The van der Waals surface area contributed by atoms with Crippen molar-refractivity contribution in [2.24, 2.45) is 0 Å². The molecule has 1 aliphatic rings. The van der Waals surface area contributed by atoms with E-state index in [1.54, 1.807) is 22.5 Å². The van der Waals surface area contributed by atoms with Crippen molar-refractivity contribution >= 4 is 11.8 Å². The summed E-state index contributed by atoms with van der Waals surface area (Å²) in [5.74, 6) is 0.948. The lowest BCUT2D eigenvalue weighted by atomic mass is 10.2. The monoisotopic (exact) mass is 287 g/mol. The Morgan fingerprint density at radius 1 is 1.35 bits per heavy atom. The predicted molar refractivity (Wildman–Crippen MR) is 80.3 cm³/mol. The standard InChI is InChI=1S/C15H17N3OS/c1-2-20-14-12-7-5-8-13(12)18(15(19)17-14)10-11-6-3-4-9-16-11/h3-4,6,9H,2,5,7-8,10H2,1H3. The minimum absolute atomic E-state index is 0.146. The molecule has 0 aromatic carbocycles. The van der Waals surface area contributed by atoms with Gasteiger partial charge < -0.3 is 0 Å². The second-order valence-corrected chi connectivity index (χ2v) is 6.07. The number of hydrogen-bond donors (Lipinski definition) is 0. The van der Waals surface area contributed by atoms with Crippen molar-refractivity contribution in [3.63, 3.8) is 0 Å². The third-order valence-corrected chi connectivity index (χ3v) is 4.43. The summed E-state index contributed by atoms with van der Waals surface area (Å²) in [6, 6.07) is 5.78. The maximum atomic E-state index is 12.3. The maximum absolute atomic E-state index is 12.3. The van der Waals surface area contributed by atoms with Crippen molar-refractivity contribution in [2.75, 3.05) is 5.75 Å². The summed E-state index contributed by atoms with van der Waals surface area (Å²) in [5.41, 5.74) is 3.19. The normalized spacial score (nSPS) is 13.4. The van der Waals surface area contributed by atoms with Gasteiger partial charge in [0.05, 0.1) is 12.2 Å². The Hall–Kier alpha value is -1.62. The molecule has 0 bridgehead atoms. The number of aromatic nitrogens is 3. The van der Waals surface area contributed by atoms with Crippen molar-refractivity contribution in [1.29, 1.82) is 0 Å². The van der Waals surface area contributed by atoms with Crippen LogP contribution in [0.1, 0.15) is 30.3 Å². The van der Waals surface area contributed by atoms with E-state index < -0.39 is 0 Å². The minimum atomic E-state index is -0.146. The molecule has 0 N–H and O–H groups in total.